The Labute approximate surface area is 191 Å². The van der Waals surface area contributed by atoms with Gasteiger partial charge in [0, 0.05) is 19.8 Å². The maximum atomic E-state index is 13.1. The van der Waals surface area contributed by atoms with Gasteiger partial charge in [0.2, 0.25) is 10.0 Å². The van der Waals surface area contributed by atoms with E-state index >= 15 is 0 Å². The lowest BCUT2D eigenvalue weighted by Gasteiger charge is -2.17. The second kappa shape index (κ2) is 9.72. The highest BCUT2D eigenvalue weighted by atomic mass is 32.2. The molecule has 0 aliphatic heterocycles. The predicted molar refractivity (Wildman–Crippen MR) is 123 cm³/mol. The molecule has 1 aromatic carbocycles. The van der Waals surface area contributed by atoms with E-state index in [2.05, 4.69) is 15.3 Å². The van der Waals surface area contributed by atoms with Crippen LogP contribution in [0.25, 0.3) is 11.6 Å². The van der Waals surface area contributed by atoms with Gasteiger partial charge in [0.05, 0.1) is 24.1 Å². The first-order valence-corrected chi connectivity index (χ1v) is 12.3. The van der Waals surface area contributed by atoms with E-state index in [-0.39, 0.29) is 10.6 Å². The number of sulfonamides is 1. The van der Waals surface area contributed by atoms with Crippen molar-refractivity contribution in [3.63, 3.8) is 0 Å². The molecule has 0 bridgehead atoms. The Hall–Kier alpha value is -2.89. The van der Waals surface area contributed by atoms with E-state index in [1.807, 2.05) is 6.26 Å². The number of nitrogens with zero attached hydrogens (tertiary/aromatic N) is 3. The Morgan fingerprint density at radius 3 is 2.59 bits per heavy atom. The van der Waals surface area contributed by atoms with Crippen molar-refractivity contribution in [2.75, 3.05) is 32.3 Å². The van der Waals surface area contributed by atoms with E-state index < -0.39 is 15.9 Å². The Balaban J connectivity index is 1.98. The number of ether oxygens (including phenoxy) is 1. The Kier molecular flexibility index (Phi) is 7.22. The second-order valence-corrected chi connectivity index (χ2v) is 9.75. The molecule has 32 heavy (non-hydrogen) atoms. The van der Waals surface area contributed by atoms with Crippen LogP contribution >= 0.6 is 11.8 Å². The molecule has 0 aliphatic rings. The summed E-state index contributed by atoms with van der Waals surface area (Å²) < 4.78 is 37.4. The highest BCUT2D eigenvalue weighted by Gasteiger charge is 2.25. The Bertz CT molecular complexity index is 1230. The number of anilines is 1. The fourth-order valence-electron chi connectivity index (χ4n) is 2.92. The van der Waals surface area contributed by atoms with Crippen molar-refractivity contribution in [1.29, 1.82) is 0 Å². The molecule has 0 aliphatic carbocycles. The summed E-state index contributed by atoms with van der Waals surface area (Å²) in [6, 6.07) is 7.96. The molecule has 0 atom stereocenters. The molecule has 3 aromatic rings. The number of carbonyl (C=O) groups excluding carboxylic acids is 1. The van der Waals surface area contributed by atoms with Gasteiger partial charge in [0.15, 0.2) is 11.6 Å². The Morgan fingerprint density at radius 1 is 1.25 bits per heavy atom. The molecule has 0 spiro atoms. The summed E-state index contributed by atoms with van der Waals surface area (Å²) in [7, 11) is -0.921. The van der Waals surface area contributed by atoms with Crippen molar-refractivity contribution in [3.05, 3.63) is 47.9 Å². The van der Waals surface area contributed by atoms with Crippen LogP contribution in [0.3, 0.4) is 0 Å². The van der Waals surface area contributed by atoms with E-state index in [4.69, 9.17) is 9.15 Å². The summed E-state index contributed by atoms with van der Waals surface area (Å²) >= 11 is 1.30. The molecule has 2 aromatic heterocycles. The predicted octanol–water partition coefficient (Wildman–Crippen LogP) is 3.67. The van der Waals surface area contributed by atoms with Crippen LogP contribution in [-0.4, -0.2) is 55.6 Å². The first kappa shape index (κ1) is 23.8. The van der Waals surface area contributed by atoms with E-state index in [1.165, 1.54) is 44.3 Å². The maximum Gasteiger partial charge on any atom is 0.260 e. The minimum atomic E-state index is -3.79. The normalized spacial score (nSPS) is 11.6. The molecule has 9 nitrogen and oxygen atoms in total. The highest BCUT2D eigenvalue weighted by molar-refractivity contribution is 7.98. The highest BCUT2D eigenvalue weighted by Crippen LogP contribution is 2.30. The zero-order chi connectivity index (χ0) is 23.5. The van der Waals surface area contributed by atoms with Gasteiger partial charge in [0.25, 0.3) is 5.91 Å². The zero-order valence-corrected chi connectivity index (χ0v) is 20.0. The molecule has 2 heterocycles. The summed E-state index contributed by atoms with van der Waals surface area (Å²) in [5, 5.41) is 3.23. The van der Waals surface area contributed by atoms with Crippen molar-refractivity contribution in [1.82, 2.24) is 14.3 Å². The maximum absolute atomic E-state index is 13.1. The van der Waals surface area contributed by atoms with Crippen LogP contribution in [0.2, 0.25) is 0 Å². The SMILES string of the molecule is CCOc1ccc(NC(=O)c2c(C)nc(-c3ccco3)nc2SC)cc1S(=O)(=O)N(C)C. The number of rotatable bonds is 8. The third-order valence-electron chi connectivity index (χ3n) is 4.48. The number of benzene rings is 1. The van der Waals surface area contributed by atoms with Gasteiger partial charge in [-0.2, -0.15) is 0 Å². The van der Waals surface area contributed by atoms with Crippen LogP contribution in [0, 0.1) is 6.92 Å². The molecule has 3 rings (SSSR count). The van der Waals surface area contributed by atoms with Crippen molar-refractivity contribution in [2.24, 2.45) is 0 Å². The van der Waals surface area contributed by atoms with E-state index in [9.17, 15) is 13.2 Å². The number of aryl methyl sites for hydroxylation is 1. The van der Waals surface area contributed by atoms with E-state index in [0.29, 0.717) is 40.2 Å². The lowest BCUT2D eigenvalue weighted by molar-refractivity contribution is 0.102. The molecule has 0 saturated heterocycles. The zero-order valence-electron chi connectivity index (χ0n) is 18.4. The van der Waals surface area contributed by atoms with Gasteiger partial charge in [-0.05, 0) is 50.4 Å². The van der Waals surface area contributed by atoms with Crippen LogP contribution in [0.15, 0.2) is 50.9 Å². The topological polar surface area (TPSA) is 115 Å². The lowest BCUT2D eigenvalue weighted by atomic mass is 10.2. The minimum absolute atomic E-state index is 0.0339. The summed E-state index contributed by atoms with van der Waals surface area (Å²) in [6.45, 7) is 3.78. The monoisotopic (exact) mass is 476 g/mol. The number of hydrogen-bond donors (Lipinski definition) is 1. The largest absolute Gasteiger partial charge is 0.492 e. The van der Waals surface area contributed by atoms with Gasteiger partial charge in [0.1, 0.15) is 15.7 Å². The summed E-state index contributed by atoms with van der Waals surface area (Å²) in [5.74, 6) is 0.649. The number of amides is 1. The van der Waals surface area contributed by atoms with Crippen LogP contribution in [0.5, 0.6) is 5.75 Å². The number of hydrogen-bond acceptors (Lipinski definition) is 8. The number of furan rings is 1. The molecule has 0 fully saturated rings. The summed E-state index contributed by atoms with van der Waals surface area (Å²) in [5.41, 5.74) is 1.08. The Morgan fingerprint density at radius 2 is 2.00 bits per heavy atom. The second-order valence-electron chi connectivity index (χ2n) is 6.83. The standard InChI is InChI=1S/C21H24N4O5S2/c1-6-29-15-10-9-14(12-17(15)32(27,28)25(3)4)23-20(26)18-13(2)22-19(24-21(18)31-5)16-8-7-11-30-16/h7-12H,6H2,1-5H3,(H,23,26). The van der Waals surface area contributed by atoms with Crippen molar-refractivity contribution >= 4 is 33.4 Å². The first-order valence-electron chi connectivity index (χ1n) is 9.66. The molecule has 11 heteroatoms. The van der Waals surface area contributed by atoms with Crippen molar-refractivity contribution < 1.29 is 22.4 Å². The van der Waals surface area contributed by atoms with Gasteiger partial charge in [-0.1, -0.05) is 0 Å². The number of aromatic nitrogens is 2. The molecule has 0 radical (unpaired) electrons. The quantitative estimate of drug-likeness (QED) is 0.387. The van der Waals surface area contributed by atoms with Gasteiger partial charge in [-0.15, -0.1) is 11.8 Å². The number of carbonyl (C=O) groups is 1. The fourth-order valence-corrected chi connectivity index (χ4v) is 4.60. The smallest absolute Gasteiger partial charge is 0.260 e. The summed E-state index contributed by atoms with van der Waals surface area (Å²) in [6.07, 6.45) is 3.34. The van der Waals surface area contributed by atoms with Gasteiger partial charge >= 0.3 is 0 Å². The third kappa shape index (κ3) is 4.79. The van der Waals surface area contributed by atoms with Gasteiger partial charge in [-0.25, -0.2) is 22.7 Å². The van der Waals surface area contributed by atoms with Crippen LogP contribution in [0.1, 0.15) is 23.0 Å². The lowest BCUT2D eigenvalue weighted by Crippen LogP contribution is -2.23. The van der Waals surface area contributed by atoms with Crippen LogP contribution in [0.4, 0.5) is 5.69 Å². The molecular formula is C21H24N4O5S2. The third-order valence-corrected chi connectivity index (χ3v) is 7.00. The average molecular weight is 477 g/mol. The van der Waals surface area contributed by atoms with E-state index in [0.717, 1.165) is 4.31 Å². The molecule has 0 saturated carbocycles. The van der Waals surface area contributed by atoms with Gasteiger partial charge in [-0.3, -0.25) is 4.79 Å². The van der Waals surface area contributed by atoms with Crippen molar-refractivity contribution in [2.45, 2.75) is 23.8 Å². The first-order chi connectivity index (χ1) is 15.2. The average Bonchev–Trinajstić information content (AvgIpc) is 3.29. The summed E-state index contributed by atoms with van der Waals surface area (Å²) in [4.78, 5) is 21.9. The molecular weight excluding hydrogens is 452 g/mol. The molecule has 0 unspecified atom stereocenters. The van der Waals surface area contributed by atoms with E-state index in [1.54, 1.807) is 32.0 Å². The minimum Gasteiger partial charge on any atom is -0.492 e. The molecule has 1 N–H and O–H groups in total. The molecule has 1 amide bonds. The number of thioether (sulfide) groups is 1. The van der Waals surface area contributed by atoms with Crippen LogP contribution < -0.4 is 10.1 Å². The number of nitrogens with one attached hydrogen (secondary N) is 1. The van der Waals surface area contributed by atoms with Gasteiger partial charge < -0.3 is 14.5 Å². The molecule has 170 valence electrons. The fraction of sp³-hybridized carbons (Fsp3) is 0.286. The van der Waals surface area contributed by atoms with Crippen LogP contribution in [-0.2, 0) is 10.0 Å². The van der Waals surface area contributed by atoms with Crippen molar-refractivity contribution in [3.8, 4) is 17.3 Å².